The van der Waals surface area contributed by atoms with E-state index in [0.29, 0.717) is 18.9 Å². The summed E-state index contributed by atoms with van der Waals surface area (Å²) in [5.41, 5.74) is 0. The van der Waals surface area contributed by atoms with Crippen molar-refractivity contribution in [2.24, 2.45) is 11.8 Å². The smallest absolute Gasteiger partial charge is 0.319 e. The fourth-order valence-electron chi connectivity index (χ4n) is 1.45. The molecule has 108 valence electrons. The molecule has 1 unspecified atom stereocenters. The van der Waals surface area contributed by atoms with E-state index in [-0.39, 0.29) is 23.8 Å². The number of rotatable bonds is 10. The molecule has 0 aromatic heterocycles. The van der Waals surface area contributed by atoms with Gasteiger partial charge in [0.1, 0.15) is 5.25 Å². The van der Waals surface area contributed by atoms with Crippen LogP contribution in [0.4, 0.5) is 4.39 Å². The van der Waals surface area contributed by atoms with Crippen LogP contribution in [0, 0.1) is 11.8 Å². The summed E-state index contributed by atoms with van der Waals surface area (Å²) in [6.45, 7) is 8.38. The van der Waals surface area contributed by atoms with Gasteiger partial charge in [0.25, 0.3) is 0 Å². The van der Waals surface area contributed by atoms with Gasteiger partial charge in [0.15, 0.2) is 0 Å². The molecular weight excluding hydrogens is 251 g/mol. The molecule has 0 bridgehead atoms. The molecular formula is C14H27FO2S. The van der Waals surface area contributed by atoms with Gasteiger partial charge in [-0.2, -0.15) is 0 Å². The summed E-state index contributed by atoms with van der Waals surface area (Å²) in [5.74, 6) is 1.45. The largest absolute Gasteiger partial charge is 0.465 e. The van der Waals surface area contributed by atoms with Crippen molar-refractivity contribution in [1.29, 1.82) is 0 Å². The van der Waals surface area contributed by atoms with Gasteiger partial charge in [0.2, 0.25) is 0 Å². The van der Waals surface area contributed by atoms with Crippen molar-refractivity contribution >= 4 is 17.7 Å². The zero-order chi connectivity index (χ0) is 14.0. The lowest BCUT2D eigenvalue weighted by Gasteiger charge is -2.19. The third kappa shape index (κ3) is 8.78. The minimum absolute atomic E-state index is 0.0888. The van der Waals surface area contributed by atoms with E-state index in [1.54, 1.807) is 11.8 Å². The predicted molar refractivity (Wildman–Crippen MR) is 76.7 cm³/mol. The molecule has 0 aliphatic rings. The van der Waals surface area contributed by atoms with Crippen LogP contribution >= 0.6 is 11.8 Å². The molecule has 0 rings (SSSR count). The van der Waals surface area contributed by atoms with E-state index in [2.05, 4.69) is 0 Å². The topological polar surface area (TPSA) is 26.3 Å². The van der Waals surface area contributed by atoms with Crippen LogP contribution in [0.15, 0.2) is 0 Å². The Morgan fingerprint density at radius 2 is 1.83 bits per heavy atom. The number of ether oxygens (including phenoxy) is 1. The lowest BCUT2D eigenvalue weighted by atomic mass is 10.1. The summed E-state index contributed by atoms with van der Waals surface area (Å²) in [4.78, 5) is 11.9. The van der Waals surface area contributed by atoms with Crippen LogP contribution < -0.4 is 0 Å². The third-order valence-electron chi connectivity index (χ3n) is 2.47. The van der Waals surface area contributed by atoms with Crippen LogP contribution in [0.25, 0.3) is 0 Å². The van der Waals surface area contributed by atoms with E-state index in [9.17, 15) is 9.18 Å². The SMILES string of the molecule is CC(C)COC(=O)C(SCCCCCF)C(C)C. The number of hydrogen-bond donors (Lipinski definition) is 0. The Morgan fingerprint density at radius 3 is 2.33 bits per heavy atom. The molecule has 0 spiro atoms. The fourth-order valence-corrected chi connectivity index (χ4v) is 2.66. The van der Waals surface area contributed by atoms with E-state index in [1.165, 1.54) is 0 Å². The maximum Gasteiger partial charge on any atom is 0.319 e. The van der Waals surface area contributed by atoms with Crippen LogP contribution in [0.5, 0.6) is 0 Å². The summed E-state index contributed by atoms with van der Waals surface area (Å²) in [6, 6.07) is 0. The molecule has 2 nitrogen and oxygen atoms in total. The highest BCUT2D eigenvalue weighted by atomic mass is 32.2. The van der Waals surface area contributed by atoms with Gasteiger partial charge in [0.05, 0.1) is 13.3 Å². The van der Waals surface area contributed by atoms with Crippen molar-refractivity contribution in [3.05, 3.63) is 0 Å². The number of thioether (sulfide) groups is 1. The molecule has 18 heavy (non-hydrogen) atoms. The highest BCUT2D eigenvalue weighted by Gasteiger charge is 2.24. The highest BCUT2D eigenvalue weighted by Crippen LogP contribution is 2.22. The predicted octanol–water partition coefficient (Wildman–Crippen LogP) is 4.08. The van der Waals surface area contributed by atoms with Gasteiger partial charge in [0, 0.05) is 0 Å². The van der Waals surface area contributed by atoms with Crippen molar-refractivity contribution in [2.45, 2.75) is 52.2 Å². The highest BCUT2D eigenvalue weighted by molar-refractivity contribution is 8.00. The normalized spacial score (nSPS) is 13.1. The van der Waals surface area contributed by atoms with Crippen LogP contribution in [0.3, 0.4) is 0 Å². The number of carbonyl (C=O) groups excluding carboxylic acids is 1. The van der Waals surface area contributed by atoms with Gasteiger partial charge in [-0.05, 0) is 30.4 Å². The van der Waals surface area contributed by atoms with E-state index in [4.69, 9.17) is 4.74 Å². The first-order chi connectivity index (χ1) is 8.49. The van der Waals surface area contributed by atoms with E-state index >= 15 is 0 Å². The molecule has 0 aliphatic carbocycles. The second-order valence-corrected chi connectivity index (χ2v) is 6.56. The van der Waals surface area contributed by atoms with Gasteiger partial charge >= 0.3 is 5.97 Å². The van der Waals surface area contributed by atoms with Crippen molar-refractivity contribution in [1.82, 2.24) is 0 Å². The van der Waals surface area contributed by atoms with Gasteiger partial charge in [-0.3, -0.25) is 9.18 Å². The van der Waals surface area contributed by atoms with E-state index in [0.717, 1.165) is 18.6 Å². The second kappa shape index (κ2) is 10.7. The fraction of sp³-hybridized carbons (Fsp3) is 0.929. The Bertz CT molecular complexity index is 220. The number of carbonyl (C=O) groups is 1. The quantitative estimate of drug-likeness (QED) is 0.445. The molecule has 4 heteroatoms. The van der Waals surface area contributed by atoms with Crippen LogP contribution in [0.1, 0.15) is 47.0 Å². The Hall–Kier alpha value is -0.250. The Balaban J connectivity index is 3.94. The molecule has 1 atom stereocenters. The summed E-state index contributed by atoms with van der Waals surface area (Å²) >= 11 is 1.64. The first-order valence-electron chi connectivity index (χ1n) is 6.83. The minimum Gasteiger partial charge on any atom is -0.465 e. The van der Waals surface area contributed by atoms with Crippen molar-refractivity contribution in [2.75, 3.05) is 19.0 Å². The molecule has 0 aromatic carbocycles. The van der Waals surface area contributed by atoms with Crippen LogP contribution in [0.2, 0.25) is 0 Å². The molecule has 0 aromatic rings. The maximum absolute atomic E-state index is 11.9. The van der Waals surface area contributed by atoms with Gasteiger partial charge < -0.3 is 4.74 Å². The molecule has 0 aliphatic heterocycles. The third-order valence-corrected chi connectivity index (χ3v) is 4.09. The number of esters is 1. The first kappa shape index (κ1) is 17.8. The minimum atomic E-state index is -0.241. The van der Waals surface area contributed by atoms with E-state index < -0.39 is 0 Å². The number of alkyl halides is 1. The Morgan fingerprint density at radius 1 is 1.17 bits per heavy atom. The van der Waals surface area contributed by atoms with Gasteiger partial charge in [-0.25, -0.2) is 0 Å². The average molecular weight is 278 g/mol. The molecule has 0 amide bonds. The standard InChI is InChI=1S/C14H27FO2S/c1-11(2)10-17-14(16)13(12(3)4)18-9-7-5-6-8-15/h11-13H,5-10H2,1-4H3. The lowest BCUT2D eigenvalue weighted by Crippen LogP contribution is -2.27. The van der Waals surface area contributed by atoms with Crippen LogP contribution in [-0.2, 0) is 9.53 Å². The molecule has 0 fully saturated rings. The van der Waals surface area contributed by atoms with Gasteiger partial charge in [-0.1, -0.05) is 34.1 Å². The molecule has 0 heterocycles. The van der Waals surface area contributed by atoms with Gasteiger partial charge in [-0.15, -0.1) is 11.8 Å². The molecule has 0 radical (unpaired) electrons. The summed E-state index contributed by atoms with van der Waals surface area (Å²) in [6.07, 6.45) is 2.50. The molecule has 0 N–H and O–H groups in total. The second-order valence-electron chi connectivity index (χ2n) is 5.31. The first-order valence-corrected chi connectivity index (χ1v) is 7.88. The van der Waals surface area contributed by atoms with E-state index in [1.807, 2.05) is 27.7 Å². The van der Waals surface area contributed by atoms with Crippen molar-refractivity contribution in [3.8, 4) is 0 Å². The maximum atomic E-state index is 11.9. The Kier molecular flexibility index (Phi) is 10.5. The van der Waals surface area contributed by atoms with Crippen LogP contribution in [-0.4, -0.2) is 30.3 Å². The summed E-state index contributed by atoms with van der Waals surface area (Å²) in [7, 11) is 0. The van der Waals surface area contributed by atoms with Crippen molar-refractivity contribution in [3.63, 3.8) is 0 Å². The molecule has 0 saturated heterocycles. The summed E-state index contributed by atoms with van der Waals surface area (Å²) < 4.78 is 17.2. The average Bonchev–Trinajstić information content (AvgIpc) is 2.30. The number of unbranched alkanes of at least 4 members (excludes halogenated alkanes) is 2. The number of hydrogen-bond acceptors (Lipinski definition) is 3. The zero-order valence-electron chi connectivity index (χ0n) is 12.1. The number of halogens is 1. The lowest BCUT2D eigenvalue weighted by molar-refractivity contribution is -0.144. The summed E-state index contributed by atoms with van der Waals surface area (Å²) in [5, 5.41) is -0.0888. The monoisotopic (exact) mass is 278 g/mol. The molecule has 0 saturated carbocycles. The zero-order valence-corrected chi connectivity index (χ0v) is 12.9. The van der Waals surface area contributed by atoms with Crippen molar-refractivity contribution < 1.29 is 13.9 Å². The Labute approximate surface area is 115 Å².